The molecule has 0 aliphatic carbocycles. The molecule has 0 atom stereocenters. The average molecular weight is 323 g/mol. The van der Waals surface area contributed by atoms with Crippen LogP contribution in [0.5, 0.6) is 0 Å². The second kappa shape index (κ2) is 7.60. The first kappa shape index (κ1) is 16.7. The molecule has 1 amide bonds. The minimum absolute atomic E-state index is 0.0512. The minimum Gasteiger partial charge on any atom is -0.322 e. The predicted octanol–water partition coefficient (Wildman–Crippen LogP) is 3.38. The smallest absolute Gasteiger partial charge is 0.255 e. The summed E-state index contributed by atoms with van der Waals surface area (Å²) in [5, 5.41) is 6.33. The van der Waals surface area contributed by atoms with Gasteiger partial charge in [-0.15, -0.1) is 0 Å². The fraction of sp³-hybridized carbons (Fsp3) is 0.350. The topological polar surface area (TPSA) is 44.4 Å². The molecule has 2 aromatic rings. The second-order valence-electron chi connectivity index (χ2n) is 6.20. The van der Waals surface area contributed by atoms with Crippen molar-refractivity contribution in [3.8, 4) is 0 Å². The van der Waals surface area contributed by atoms with Gasteiger partial charge in [-0.25, -0.2) is 0 Å². The molecule has 0 bridgehead atoms. The Kier molecular flexibility index (Phi) is 5.28. The number of nitrogens with zero attached hydrogens (tertiary/aromatic N) is 1. The first-order chi connectivity index (χ1) is 11.7. The highest BCUT2D eigenvalue weighted by molar-refractivity contribution is 6.04. The van der Waals surface area contributed by atoms with Gasteiger partial charge in [-0.3, -0.25) is 9.69 Å². The molecule has 2 aromatic carbocycles. The molecule has 1 aliphatic heterocycles. The third-order valence-electron chi connectivity index (χ3n) is 4.58. The van der Waals surface area contributed by atoms with E-state index >= 15 is 0 Å². The molecule has 0 saturated carbocycles. The Morgan fingerprint density at radius 3 is 2.67 bits per heavy atom. The number of carbonyl (C=O) groups excluding carboxylic acids is 1. The van der Waals surface area contributed by atoms with Gasteiger partial charge in [-0.1, -0.05) is 32.0 Å². The van der Waals surface area contributed by atoms with E-state index in [0.717, 1.165) is 38.4 Å². The van der Waals surface area contributed by atoms with Gasteiger partial charge in [-0.2, -0.15) is 0 Å². The van der Waals surface area contributed by atoms with E-state index in [1.54, 1.807) is 0 Å². The van der Waals surface area contributed by atoms with Crippen molar-refractivity contribution in [2.24, 2.45) is 0 Å². The molecule has 3 rings (SSSR count). The monoisotopic (exact) mass is 323 g/mol. The SMILES string of the molecule is CCN(CC)Cc1cccc(NC(=O)c2ccc3c(c2)CNC3)c1. The van der Waals surface area contributed by atoms with Crippen LogP contribution in [0.4, 0.5) is 5.69 Å². The predicted molar refractivity (Wildman–Crippen MR) is 98.0 cm³/mol. The molecule has 126 valence electrons. The van der Waals surface area contributed by atoms with E-state index in [-0.39, 0.29) is 5.91 Å². The summed E-state index contributed by atoms with van der Waals surface area (Å²) in [6, 6.07) is 14.0. The van der Waals surface area contributed by atoms with Crippen LogP contribution in [0.15, 0.2) is 42.5 Å². The minimum atomic E-state index is -0.0512. The van der Waals surface area contributed by atoms with E-state index in [1.165, 1.54) is 16.7 Å². The lowest BCUT2D eigenvalue weighted by Crippen LogP contribution is -2.22. The van der Waals surface area contributed by atoms with Crippen LogP contribution in [0.3, 0.4) is 0 Å². The van der Waals surface area contributed by atoms with Crippen molar-refractivity contribution in [3.63, 3.8) is 0 Å². The van der Waals surface area contributed by atoms with E-state index in [4.69, 9.17) is 0 Å². The molecule has 0 saturated heterocycles. The molecular weight excluding hydrogens is 298 g/mol. The number of fused-ring (bicyclic) bond motifs is 1. The van der Waals surface area contributed by atoms with Crippen LogP contribution in [0.1, 0.15) is 40.9 Å². The standard InChI is InChI=1S/C20H25N3O/c1-3-23(4-2)14-15-6-5-7-19(10-15)22-20(24)16-8-9-17-12-21-13-18(17)11-16/h5-11,21H,3-4,12-14H2,1-2H3,(H,22,24). The van der Waals surface area contributed by atoms with Gasteiger partial charge in [0.1, 0.15) is 0 Å². The molecular formula is C20H25N3O. The molecule has 0 radical (unpaired) electrons. The third kappa shape index (κ3) is 3.83. The molecule has 0 unspecified atom stereocenters. The van der Waals surface area contributed by atoms with Gasteiger partial charge in [0.25, 0.3) is 5.91 Å². The first-order valence-electron chi connectivity index (χ1n) is 8.64. The van der Waals surface area contributed by atoms with Crippen molar-refractivity contribution in [1.29, 1.82) is 0 Å². The van der Waals surface area contributed by atoms with Crippen molar-refractivity contribution in [3.05, 3.63) is 64.7 Å². The third-order valence-corrected chi connectivity index (χ3v) is 4.58. The van der Waals surface area contributed by atoms with Crippen LogP contribution in [0.2, 0.25) is 0 Å². The summed E-state index contributed by atoms with van der Waals surface area (Å²) >= 11 is 0. The summed E-state index contributed by atoms with van der Waals surface area (Å²) < 4.78 is 0. The second-order valence-corrected chi connectivity index (χ2v) is 6.20. The molecule has 4 heteroatoms. The summed E-state index contributed by atoms with van der Waals surface area (Å²) in [5.74, 6) is -0.0512. The maximum atomic E-state index is 12.5. The van der Waals surface area contributed by atoms with Crippen molar-refractivity contribution in [1.82, 2.24) is 10.2 Å². The van der Waals surface area contributed by atoms with Crippen LogP contribution >= 0.6 is 0 Å². The fourth-order valence-corrected chi connectivity index (χ4v) is 3.09. The summed E-state index contributed by atoms with van der Waals surface area (Å²) in [6.45, 7) is 9.02. The lowest BCUT2D eigenvalue weighted by atomic mass is 10.1. The van der Waals surface area contributed by atoms with Gasteiger partial charge in [0.15, 0.2) is 0 Å². The Morgan fingerprint density at radius 1 is 1.08 bits per heavy atom. The van der Waals surface area contributed by atoms with Crippen molar-refractivity contribution < 1.29 is 4.79 Å². The highest BCUT2D eigenvalue weighted by atomic mass is 16.1. The van der Waals surface area contributed by atoms with Gasteiger partial charge < -0.3 is 10.6 Å². The number of hydrogen-bond acceptors (Lipinski definition) is 3. The normalized spacial score (nSPS) is 13.1. The van der Waals surface area contributed by atoms with E-state index in [1.807, 2.05) is 30.3 Å². The van der Waals surface area contributed by atoms with Crippen LogP contribution in [-0.2, 0) is 19.6 Å². The highest BCUT2D eigenvalue weighted by Crippen LogP contribution is 2.19. The molecule has 1 aliphatic rings. The Bertz CT molecular complexity index is 723. The number of carbonyl (C=O) groups is 1. The summed E-state index contributed by atoms with van der Waals surface area (Å²) in [4.78, 5) is 14.9. The van der Waals surface area contributed by atoms with E-state index in [0.29, 0.717) is 5.56 Å². The largest absolute Gasteiger partial charge is 0.322 e. The number of benzene rings is 2. The van der Waals surface area contributed by atoms with E-state index in [2.05, 4.69) is 41.5 Å². The zero-order chi connectivity index (χ0) is 16.9. The number of hydrogen-bond donors (Lipinski definition) is 2. The van der Waals surface area contributed by atoms with Crippen molar-refractivity contribution in [2.45, 2.75) is 33.5 Å². The van der Waals surface area contributed by atoms with Gasteiger partial charge in [0.2, 0.25) is 0 Å². The molecule has 0 spiro atoms. The van der Waals surface area contributed by atoms with Crippen molar-refractivity contribution >= 4 is 11.6 Å². The number of rotatable bonds is 6. The average Bonchev–Trinajstić information content (AvgIpc) is 3.07. The van der Waals surface area contributed by atoms with Gasteiger partial charge >= 0.3 is 0 Å². The van der Waals surface area contributed by atoms with Gasteiger partial charge in [-0.05, 0) is 54.0 Å². The Hall–Kier alpha value is -2.17. The van der Waals surface area contributed by atoms with Gasteiger partial charge in [0, 0.05) is 30.9 Å². The quantitative estimate of drug-likeness (QED) is 0.856. The van der Waals surface area contributed by atoms with E-state index < -0.39 is 0 Å². The summed E-state index contributed by atoms with van der Waals surface area (Å²) in [7, 11) is 0. The Labute approximate surface area is 143 Å². The number of anilines is 1. The van der Waals surface area contributed by atoms with Crippen LogP contribution in [0.25, 0.3) is 0 Å². The lowest BCUT2D eigenvalue weighted by molar-refractivity contribution is 0.102. The number of amides is 1. The van der Waals surface area contributed by atoms with Crippen molar-refractivity contribution in [2.75, 3.05) is 18.4 Å². The summed E-state index contributed by atoms with van der Waals surface area (Å²) in [6.07, 6.45) is 0. The van der Waals surface area contributed by atoms with E-state index in [9.17, 15) is 4.79 Å². The maximum absolute atomic E-state index is 12.5. The van der Waals surface area contributed by atoms with Gasteiger partial charge in [0.05, 0.1) is 0 Å². The zero-order valence-electron chi connectivity index (χ0n) is 14.4. The number of nitrogens with one attached hydrogen (secondary N) is 2. The van der Waals surface area contributed by atoms with Crippen LogP contribution < -0.4 is 10.6 Å². The molecule has 4 nitrogen and oxygen atoms in total. The molecule has 0 aromatic heterocycles. The Balaban J connectivity index is 1.70. The zero-order valence-corrected chi connectivity index (χ0v) is 14.4. The summed E-state index contributed by atoms with van der Waals surface area (Å²) in [5.41, 5.74) is 5.29. The maximum Gasteiger partial charge on any atom is 0.255 e. The molecule has 24 heavy (non-hydrogen) atoms. The molecule has 1 heterocycles. The Morgan fingerprint density at radius 2 is 1.88 bits per heavy atom. The highest BCUT2D eigenvalue weighted by Gasteiger charge is 2.13. The fourth-order valence-electron chi connectivity index (χ4n) is 3.09. The van der Waals surface area contributed by atoms with Crippen LogP contribution in [-0.4, -0.2) is 23.9 Å². The first-order valence-corrected chi connectivity index (χ1v) is 8.64. The van der Waals surface area contributed by atoms with Crippen LogP contribution in [0, 0.1) is 0 Å². The molecule has 0 fully saturated rings. The molecule has 2 N–H and O–H groups in total. The lowest BCUT2D eigenvalue weighted by Gasteiger charge is -2.18.